The van der Waals surface area contributed by atoms with E-state index in [0.717, 1.165) is 18.4 Å². The van der Waals surface area contributed by atoms with Crippen LogP contribution >= 0.6 is 11.8 Å². The summed E-state index contributed by atoms with van der Waals surface area (Å²) in [4.78, 5) is 17.4. The van der Waals surface area contributed by atoms with E-state index in [4.69, 9.17) is 0 Å². The van der Waals surface area contributed by atoms with Crippen LogP contribution in [0.5, 0.6) is 0 Å². The lowest BCUT2D eigenvalue weighted by Crippen LogP contribution is -2.21. The van der Waals surface area contributed by atoms with Crippen LogP contribution < -0.4 is 5.32 Å². The monoisotopic (exact) mass is 317 g/mol. The normalized spacial score (nSPS) is 17.4. The van der Waals surface area contributed by atoms with Crippen molar-refractivity contribution in [3.63, 3.8) is 0 Å². The number of nitrogens with zero attached hydrogens (tertiary/aromatic N) is 2. The van der Waals surface area contributed by atoms with Crippen molar-refractivity contribution in [2.75, 3.05) is 24.7 Å². The summed E-state index contributed by atoms with van der Waals surface area (Å²) in [5.41, 5.74) is -0.778. The van der Waals surface area contributed by atoms with Gasteiger partial charge in [0.05, 0.1) is 11.3 Å². The third kappa shape index (κ3) is 3.69. The first-order chi connectivity index (χ1) is 9.79. The number of hydrogen-bond acceptors (Lipinski definition) is 2. The quantitative estimate of drug-likeness (QED) is 0.861. The summed E-state index contributed by atoms with van der Waals surface area (Å²) in [5.74, 6) is 0.806. The van der Waals surface area contributed by atoms with Crippen molar-refractivity contribution in [2.24, 2.45) is 4.99 Å². The van der Waals surface area contributed by atoms with Crippen molar-refractivity contribution in [1.29, 1.82) is 0 Å². The number of para-hydroxylation sites is 1. The fraction of sp³-hybridized carbons (Fsp3) is 0.385. The zero-order chi connectivity index (χ0) is 15.6. The Morgan fingerprint density at radius 3 is 2.71 bits per heavy atom. The molecule has 1 aromatic rings. The Labute approximate surface area is 124 Å². The summed E-state index contributed by atoms with van der Waals surface area (Å²) in [5, 5.41) is 2.76. The lowest BCUT2D eigenvalue weighted by atomic mass is 10.1. The Morgan fingerprint density at radius 1 is 1.43 bits per heavy atom. The third-order valence-electron chi connectivity index (χ3n) is 2.99. The number of carbonyl (C=O) groups excluding carboxylic acids is 1. The van der Waals surface area contributed by atoms with Gasteiger partial charge in [-0.3, -0.25) is 0 Å². The number of nitrogens with one attached hydrogen (secondary N) is 1. The van der Waals surface area contributed by atoms with Gasteiger partial charge in [-0.05, 0) is 18.6 Å². The topological polar surface area (TPSA) is 44.7 Å². The number of hydrogen-bond donors (Lipinski definition) is 1. The van der Waals surface area contributed by atoms with Crippen molar-refractivity contribution in [1.82, 2.24) is 4.90 Å². The number of aliphatic imine (C=N–C) groups is 1. The van der Waals surface area contributed by atoms with Crippen LogP contribution in [0.1, 0.15) is 11.1 Å². The highest BCUT2D eigenvalue weighted by Gasteiger charge is 2.34. The Bertz CT molecular complexity index is 587. The van der Waals surface area contributed by atoms with E-state index in [1.165, 1.54) is 30.8 Å². The van der Waals surface area contributed by atoms with E-state index in [1.54, 1.807) is 11.9 Å². The number of halogens is 3. The standard InChI is InChI=1S/C13H14F3N3OS/c1-8-4-3-5-9(13(14,15)16)10(8)17-11(20)18-12-19(2)6-7-21-12/h3-5H,6-7H2,1-2H3,(H,17,20). The van der Waals surface area contributed by atoms with E-state index in [0.29, 0.717) is 10.7 Å². The SMILES string of the molecule is Cc1cccc(C(F)(F)F)c1NC(=O)N=C1SCCN1C. The lowest BCUT2D eigenvalue weighted by Gasteiger charge is -2.15. The number of amidine groups is 1. The van der Waals surface area contributed by atoms with Crippen LogP contribution in [0.25, 0.3) is 0 Å². The van der Waals surface area contributed by atoms with Crippen LogP contribution in [-0.2, 0) is 6.18 Å². The van der Waals surface area contributed by atoms with Gasteiger partial charge < -0.3 is 10.2 Å². The Hall–Kier alpha value is -1.70. The first kappa shape index (κ1) is 15.7. The van der Waals surface area contributed by atoms with E-state index in [9.17, 15) is 18.0 Å². The molecule has 0 atom stereocenters. The fourth-order valence-electron chi connectivity index (χ4n) is 1.89. The summed E-state index contributed by atoms with van der Waals surface area (Å²) in [7, 11) is 1.78. The molecule has 1 N–H and O–H groups in total. The maximum absolute atomic E-state index is 12.9. The van der Waals surface area contributed by atoms with Crippen LogP contribution in [0.15, 0.2) is 23.2 Å². The molecule has 2 rings (SSSR count). The highest BCUT2D eigenvalue weighted by molar-refractivity contribution is 8.14. The zero-order valence-electron chi connectivity index (χ0n) is 11.5. The molecular weight excluding hydrogens is 303 g/mol. The van der Waals surface area contributed by atoms with Gasteiger partial charge in [0.15, 0.2) is 5.17 Å². The number of anilines is 1. The molecule has 8 heteroatoms. The predicted molar refractivity (Wildman–Crippen MR) is 77.7 cm³/mol. The number of benzene rings is 1. The van der Waals surface area contributed by atoms with Crippen molar-refractivity contribution in [2.45, 2.75) is 13.1 Å². The van der Waals surface area contributed by atoms with Crippen LogP contribution in [0, 0.1) is 6.92 Å². The summed E-state index contributed by atoms with van der Waals surface area (Å²) < 4.78 is 38.8. The van der Waals surface area contributed by atoms with Crippen molar-refractivity contribution >= 4 is 28.6 Å². The minimum atomic E-state index is -4.53. The molecule has 21 heavy (non-hydrogen) atoms. The molecular formula is C13H14F3N3OS. The fourth-order valence-corrected chi connectivity index (χ4v) is 2.90. The number of aryl methyl sites for hydroxylation is 1. The van der Waals surface area contributed by atoms with Gasteiger partial charge in [0.1, 0.15) is 0 Å². The van der Waals surface area contributed by atoms with E-state index < -0.39 is 17.8 Å². The van der Waals surface area contributed by atoms with E-state index >= 15 is 0 Å². The molecule has 0 bridgehead atoms. The first-order valence-electron chi connectivity index (χ1n) is 6.19. The van der Waals surface area contributed by atoms with Gasteiger partial charge in [-0.25, -0.2) is 4.79 Å². The Kier molecular flexibility index (Phi) is 4.46. The van der Waals surface area contributed by atoms with Gasteiger partial charge in [0.25, 0.3) is 0 Å². The highest BCUT2D eigenvalue weighted by Crippen LogP contribution is 2.36. The number of amides is 2. The van der Waals surface area contributed by atoms with Gasteiger partial charge in [-0.2, -0.15) is 18.2 Å². The number of urea groups is 1. The summed E-state index contributed by atoms with van der Waals surface area (Å²) >= 11 is 1.40. The molecule has 114 valence electrons. The van der Waals surface area contributed by atoms with Crippen LogP contribution in [0.4, 0.5) is 23.7 Å². The second kappa shape index (κ2) is 5.97. The number of rotatable bonds is 1. The molecule has 0 spiro atoms. The minimum Gasteiger partial charge on any atom is -0.353 e. The van der Waals surface area contributed by atoms with E-state index in [-0.39, 0.29) is 5.69 Å². The number of carbonyl (C=O) groups is 1. The minimum absolute atomic E-state index is 0.245. The molecule has 0 aromatic heterocycles. The Morgan fingerprint density at radius 2 is 2.14 bits per heavy atom. The largest absolute Gasteiger partial charge is 0.418 e. The van der Waals surface area contributed by atoms with Gasteiger partial charge >= 0.3 is 12.2 Å². The molecule has 1 saturated heterocycles. The smallest absolute Gasteiger partial charge is 0.353 e. The average Bonchev–Trinajstić information content (AvgIpc) is 2.76. The van der Waals surface area contributed by atoms with Crippen molar-refractivity contribution in [3.05, 3.63) is 29.3 Å². The van der Waals surface area contributed by atoms with Crippen LogP contribution in [0.3, 0.4) is 0 Å². The molecule has 0 unspecified atom stereocenters. The summed E-state index contributed by atoms with van der Waals surface area (Å²) in [6, 6.07) is 2.95. The van der Waals surface area contributed by atoms with Crippen molar-refractivity contribution < 1.29 is 18.0 Å². The maximum atomic E-state index is 12.9. The van der Waals surface area contributed by atoms with E-state index in [2.05, 4.69) is 10.3 Å². The average molecular weight is 317 g/mol. The molecule has 2 amide bonds. The van der Waals surface area contributed by atoms with Gasteiger partial charge in [-0.15, -0.1) is 0 Å². The maximum Gasteiger partial charge on any atom is 0.418 e. The van der Waals surface area contributed by atoms with Crippen LogP contribution in [0.2, 0.25) is 0 Å². The lowest BCUT2D eigenvalue weighted by molar-refractivity contribution is -0.136. The van der Waals surface area contributed by atoms with E-state index in [1.807, 2.05) is 0 Å². The first-order valence-corrected chi connectivity index (χ1v) is 7.18. The third-order valence-corrected chi connectivity index (χ3v) is 4.04. The second-order valence-electron chi connectivity index (χ2n) is 4.59. The second-order valence-corrected chi connectivity index (χ2v) is 5.65. The number of alkyl halides is 3. The van der Waals surface area contributed by atoms with Gasteiger partial charge in [0, 0.05) is 19.3 Å². The molecule has 1 aliphatic rings. The molecule has 1 heterocycles. The van der Waals surface area contributed by atoms with Crippen molar-refractivity contribution in [3.8, 4) is 0 Å². The highest BCUT2D eigenvalue weighted by atomic mass is 32.2. The molecule has 0 saturated carbocycles. The molecule has 0 aliphatic carbocycles. The zero-order valence-corrected chi connectivity index (χ0v) is 12.3. The number of thioether (sulfide) groups is 1. The molecule has 0 radical (unpaired) electrons. The molecule has 1 fully saturated rings. The van der Waals surface area contributed by atoms with Gasteiger partial charge in [0.2, 0.25) is 0 Å². The Balaban J connectivity index is 2.25. The predicted octanol–water partition coefficient (Wildman–Crippen LogP) is 3.58. The molecule has 4 nitrogen and oxygen atoms in total. The molecule has 1 aromatic carbocycles. The summed E-state index contributed by atoms with van der Waals surface area (Å²) in [6.07, 6.45) is -4.53. The summed E-state index contributed by atoms with van der Waals surface area (Å²) in [6.45, 7) is 2.27. The van der Waals surface area contributed by atoms with Gasteiger partial charge in [-0.1, -0.05) is 23.9 Å². The molecule has 1 aliphatic heterocycles. The van der Waals surface area contributed by atoms with Crippen LogP contribution in [-0.4, -0.2) is 35.4 Å².